The van der Waals surface area contributed by atoms with E-state index in [0.717, 1.165) is 17.7 Å². The Morgan fingerprint density at radius 3 is 2.40 bits per heavy atom. The molecule has 0 atom stereocenters. The van der Waals surface area contributed by atoms with E-state index in [1.54, 1.807) is 11.3 Å². The Morgan fingerprint density at radius 2 is 1.70 bits per heavy atom. The van der Waals surface area contributed by atoms with E-state index in [1.807, 2.05) is 0 Å². The third kappa shape index (κ3) is 2.03. The highest BCUT2D eigenvalue weighted by molar-refractivity contribution is 7.14. The first kappa shape index (κ1) is 12.3. The van der Waals surface area contributed by atoms with Gasteiger partial charge in [0.15, 0.2) is 5.78 Å². The van der Waals surface area contributed by atoms with Gasteiger partial charge in [0.25, 0.3) is 0 Å². The summed E-state index contributed by atoms with van der Waals surface area (Å²) in [5.41, 5.74) is 4.18. The minimum absolute atomic E-state index is 0.174. The summed E-state index contributed by atoms with van der Waals surface area (Å²) in [5, 5.41) is 0. The third-order valence-corrected chi connectivity index (χ3v) is 5.91. The first-order valence-corrected chi connectivity index (χ1v) is 8.35. The fourth-order valence-corrected chi connectivity index (χ4v) is 4.83. The van der Waals surface area contributed by atoms with Crippen molar-refractivity contribution in [2.75, 3.05) is 0 Å². The summed E-state index contributed by atoms with van der Waals surface area (Å²) in [4.78, 5) is 15.2. The van der Waals surface area contributed by atoms with Gasteiger partial charge in [-0.05, 0) is 61.3 Å². The molecule has 102 valence electrons. The molecule has 0 spiro atoms. The van der Waals surface area contributed by atoms with Crippen LogP contribution in [0.3, 0.4) is 0 Å². The molecule has 0 fully saturated rings. The predicted octanol–water partition coefficient (Wildman–Crippen LogP) is 4.22. The summed E-state index contributed by atoms with van der Waals surface area (Å²) < 4.78 is 0. The summed E-state index contributed by atoms with van der Waals surface area (Å²) >= 11 is 1.76. The molecule has 20 heavy (non-hydrogen) atoms. The summed E-state index contributed by atoms with van der Waals surface area (Å²) in [6, 6.07) is 10.7. The van der Waals surface area contributed by atoms with Crippen LogP contribution in [0.5, 0.6) is 0 Å². The lowest BCUT2D eigenvalue weighted by Gasteiger charge is -2.08. The molecular weight excluding hydrogens is 264 g/mol. The van der Waals surface area contributed by atoms with Crippen LogP contribution in [0.4, 0.5) is 0 Å². The van der Waals surface area contributed by atoms with Gasteiger partial charge in [0, 0.05) is 10.8 Å². The van der Waals surface area contributed by atoms with Crippen LogP contribution in [0.1, 0.15) is 44.1 Å². The van der Waals surface area contributed by atoms with Gasteiger partial charge in [-0.25, -0.2) is 0 Å². The van der Waals surface area contributed by atoms with E-state index in [9.17, 15) is 4.79 Å². The Bertz CT molecular complexity index is 619. The number of carbonyl (C=O) groups is 1. The van der Waals surface area contributed by atoms with Crippen LogP contribution >= 0.6 is 11.3 Å². The first-order chi connectivity index (χ1) is 9.81. The number of aryl methyl sites for hydroxylation is 2. The predicted molar refractivity (Wildman–Crippen MR) is 82.6 cm³/mol. The molecule has 0 unspecified atom stereocenters. The van der Waals surface area contributed by atoms with Crippen molar-refractivity contribution in [2.24, 2.45) is 5.92 Å². The quantitative estimate of drug-likeness (QED) is 0.754. The van der Waals surface area contributed by atoms with E-state index in [1.165, 1.54) is 47.3 Å². The summed E-state index contributed by atoms with van der Waals surface area (Å²) in [7, 11) is 0. The second-order valence-corrected chi connectivity index (χ2v) is 7.14. The molecule has 0 amide bonds. The number of Topliss-reactive ketones (excluding diaryl/α,β-unsaturated/α-hetero) is 1. The van der Waals surface area contributed by atoms with Gasteiger partial charge in [0.05, 0.1) is 4.88 Å². The minimum Gasteiger partial charge on any atom is -0.293 e. The van der Waals surface area contributed by atoms with Crippen LogP contribution < -0.4 is 0 Å². The van der Waals surface area contributed by atoms with Gasteiger partial charge in [0.2, 0.25) is 0 Å². The topological polar surface area (TPSA) is 17.1 Å². The van der Waals surface area contributed by atoms with Gasteiger partial charge in [-0.2, -0.15) is 0 Å². The highest BCUT2D eigenvalue weighted by Crippen LogP contribution is 2.34. The van der Waals surface area contributed by atoms with Crippen LogP contribution in [-0.2, 0) is 25.7 Å². The van der Waals surface area contributed by atoms with Crippen molar-refractivity contribution in [1.29, 1.82) is 0 Å². The molecule has 2 aromatic rings. The van der Waals surface area contributed by atoms with Gasteiger partial charge < -0.3 is 0 Å². The molecule has 1 heterocycles. The molecule has 4 rings (SSSR count). The fraction of sp³-hybridized carbons (Fsp3) is 0.389. The Hall–Kier alpha value is -1.41. The minimum atomic E-state index is 0.174. The maximum atomic E-state index is 12.7. The number of hydrogen-bond donors (Lipinski definition) is 0. The zero-order valence-corrected chi connectivity index (χ0v) is 12.3. The van der Waals surface area contributed by atoms with Crippen LogP contribution in [0.25, 0.3) is 0 Å². The summed E-state index contributed by atoms with van der Waals surface area (Å²) in [6.45, 7) is 0. The van der Waals surface area contributed by atoms with Crippen LogP contribution in [-0.4, -0.2) is 5.78 Å². The van der Waals surface area contributed by atoms with E-state index in [-0.39, 0.29) is 5.92 Å². The van der Waals surface area contributed by atoms with E-state index >= 15 is 0 Å². The van der Waals surface area contributed by atoms with Gasteiger partial charge in [-0.1, -0.05) is 24.3 Å². The van der Waals surface area contributed by atoms with Crippen molar-refractivity contribution in [3.05, 3.63) is 56.8 Å². The van der Waals surface area contributed by atoms with E-state index in [4.69, 9.17) is 0 Å². The zero-order valence-electron chi connectivity index (χ0n) is 11.5. The number of thiophene rings is 1. The second-order valence-electron chi connectivity index (χ2n) is 6.00. The summed E-state index contributed by atoms with van der Waals surface area (Å²) in [6.07, 6.45) is 6.78. The molecule has 1 nitrogen and oxygen atoms in total. The molecule has 0 aliphatic heterocycles. The molecule has 0 saturated heterocycles. The molecule has 1 aromatic carbocycles. The molecule has 2 aliphatic carbocycles. The molecular formula is C18H18OS. The molecule has 1 aromatic heterocycles. The van der Waals surface area contributed by atoms with Crippen molar-refractivity contribution in [3.8, 4) is 0 Å². The standard InChI is InChI=1S/C18H18OS/c19-18(15-9-12-5-1-2-6-13(12)10-15)17-11-14-7-3-4-8-16(14)20-17/h1-2,5-6,11,15H,3-4,7-10H2. The van der Waals surface area contributed by atoms with E-state index < -0.39 is 0 Å². The van der Waals surface area contributed by atoms with Crippen LogP contribution in [0, 0.1) is 5.92 Å². The Labute approximate surface area is 123 Å². The second kappa shape index (κ2) is 4.85. The molecule has 0 radical (unpaired) electrons. The van der Waals surface area contributed by atoms with Gasteiger partial charge in [0.1, 0.15) is 0 Å². The van der Waals surface area contributed by atoms with Gasteiger partial charge in [-0.15, -0.1) is 11.3 Å². The third-order valence-electron chi connectivity index (χ3n) is 4.66. The smallest absolute Gasteiger partial charge is 0.176 e. The maximum absolute atomic E-state index is 12.7. The number of rotatable bonds is 2. The number of ketones is 1. The molecule has 0 bridgehead atoms. The van der Waals surface area contributed by atoms with Crippen LogP contribution in [0.15, 0.2) is 30.3 Å². The summed E-state index contributed by atoms with van der Waals surface area (Å²) in [5.74, 6) is 0.549. The van der Waals surface area contributed by atoms with Crippen LogP contribution in [0.2, 0.25) is 0 Å². The largest absolute Gasteiger partial charge is 0.293 e. The van der Waals surface area contributed by atoms with Crippen molar-refractivity contribution in [3.63, 3.8) is 0 Å². The van der Waals surface area contributed by atoms with Crippen molar-refractivity contribution >= 4 is 17.1 Å². The highest BCUT2D eigenvalue weighted by Gasteiger charge is 2.29. The maximum Gasteiger partial charge on any atom is 0.176 e. The highest BCUT2D eigenvalue weighted by atomic mass is 32.1. The van der Waals surface area contributed by atoms with Gasteiger partial charge >= 0.3 is 0 Å². The number of carbonyl (C=O) groups excluding carboxylic acids is 1. The lowest BCUT2D eigenvalue weighted by atomic mass is 9.96. The van der Waals surface area contributed by atoms with Crippen molar-refractivity contribution in [2.45, 2.75) is 38.5 Å². The fourth-order valence-electron chi connectivity index (χ4n) is 3.56. The molecule has 0 saturated carbocycles. The van der Waals surface area contributed by atoms with Crippen molar-refractivity contribution in [1.82, 2.24) is 0 Å². The lowest BCUT2D eigenvalue weighted by Crippen LogP contribution is -2.13. The molecule has 0 N–H and O–H groups in total. The molecule has 2 heteroatoms. The lowest BCUT2D eigenvalue weighted by molar-refractivity contribution is 0.0929. The van der Waals surface area contributed by atoms with E-state index in [2.05, 4.69) is 30.3 Å². The molecule has 2 aliphatic rings. The number of fused-ring (bicyclic) bond motifs is 2. The average molecular weight is 282 g/mol. The average Bonchev–Trinajstić information content (AvgIpc) is 3.10. The Morgan fingerprint density at radius 1 is 1.00 bits per heavy atom. The monoisotopic (exact) mass is 282 g/mol. The Kier molecular flexibility index (Phi) is 2.99. The first-order valence-electron chi connectivity index (χ1n) is 7.54. The number of benzene rings is 1. The Balaban J connectivity index is 1.58. The zero-order chi connectivity index (χ0) is 13.5. The number of hydrogen-bond acceptors (Lipinski definition) is 2. The van der Waals surface area contributed by atoms with E-state index in [0.29, 0.717) is 5.78 Å². The SMILES string of the molecule is O=C(c1cc2c(s1)CCCC2)C1Cc2ccccc2C1. The van der Waals surface area contributed by atoms with Crippen molar-refractivity contribution < 1.29 is 4.79 Å². The normalized spacial score (nSPS) is 17.8. The van der Waals surface area contributed by atoms with Gasteiger partial charge in [-0.3, -0.25) is 4.79 Å².